The van der Waals surface area contributed by atoms with Gasteiger partial charge in [-0.05, 0) is 0 Å². The normalized spacial score (nSPS) is 10.3. The van der Waals surface area contributed by atoms with Gasteiger partial charge < -0.3 is 0 Å². The van der Waals surface area contributed by atoms with E-state index in [-0.39, 0.29) is 0 Å². The second kappa shape index (κ2) is 5.56. The molecule has 0 amide bonds. The van der Waals surface area contributed by atoms with E-state index in [1.165, 1.54) is 26.7 Å². The molecule has 0 radical (unpaired) electrons. The van der Waals surface area contributed by atoms with Crippen molar-refractivity contribution in [3.8, 4) is 5.75 Å². The monoisotopic (exact) mass is 284 g/mol. The molecule has 0 saturated carbocycles. The fourth-order valence-electron chi connectivity index (χ4n) is 1.69. The molecule has 0 unspecified atom stereocenters. The Morgan fingerprint density at radius 2 is 1.94 bits per heavy atom. The third-order valence-electron chi connectivity index (χ3n) is 2.66. The van der Waals surface area contributed by atoms with E-state index in [4.69, 9.17) is 4.74 Å². The van der Waals surface area contributed by atoms with Gasteiger partial charge in [0.1, 0.15) is 0 Å². The summed E-state index contributed by atoms with van der Waals surface area (Å²) >= 11 is 0.498. The summed E-state index contributed by atoms with van der Waals surface area (Å²) in [4.78, 5) is 0. The maximum absolute atomic E-state index is 5.43. The molecule has 1 aromatic carbocycles. The Labute approximate surface area is 105 Å². The third kappa shape index (κ3) is 2.90. The fraction of sp³-hybridized carbons (Fsp3) is 0.429. The molecule has 0 aromatic heterocycles. The molecule has 0 bridgehead atoms. The number of hydrogen-bond acceptors (Lipinski definition) is 1. The number of allylic oxidation sites excluding steroid dienone is 1. The van der Waals surface area contributed by atoms with E-state index in [1.807, 2.05) is 0 Å². The number of aryl methyl sites for hydroxylation is 1. The van der Waals surface area contributed by atoms with Crippen LogP contribution in [0.4, 0.5) is 0 Å². The average Bonchev–Trinajstić information content (AvgIpc) is 2.22. The van der Waals surface area contributed by atoms with Crippen LogP contribution < -0.4 is 9.20 Å². The number of rotatable bonds is 4. The van der Waals surface area contributed by atoms with Gasteiger partial charge in [-0.25, -0.2) is 0 Å². The molecule has 16 heavy (non-hydrogen) atoms. The van der Waals surface area contributed by atoms with Crippen LogP contribution in [0.5, 0.6) is 5.75 Å². The topological polar surface area (TPSA) is 9.23 Å². The first-order valence-corrected chi connectivity index (χ1v) is 7.46. The Bertz CT molecular complexity index is 408. The molecule has 0 heterocycles. The molecule has 2 heteroatoms. The summed E-state index contributed by atoms with van der Waals surface area (Å²) in [5, 5.41) is 1.12. The average molecular weight is 283 g/mol. The van der Waals surface area contributed by atoms with E-state index in [2.05, 4.69) is 40.3 Å². The van der Waals surface area contributed by atoms with Crippen LogP contribution in [0.25, 0.3) is 0 Å². The molecule has 1 nitrogen and oxygen atoms in total. The quantitative estimate of drug-likeness (QED) is 0.610. The summed E-state index contributed by atoms with van der Waals surface area (Å²) in [7, 11) is 1.74. The van der Waals surface area contributed by atoms with Gasteiger partial charge in [-0.15, -0.1) is 0 Å². The van der Waals surface area contributed by atoms with E-state index in [1.54, 1.807) is 7.11 Å². The van der Waals surface area contributed by atoms with E-state index < -0.39 is 0 Å². The molecular weight excluding hydrogens is 263 g/mol. The van der Waals surface area contributed by atoms with Crippen LogP contribution in [-0.2, 0) is 0 Å². The molecular formula is C14H20OSe. The number of ether oxygens (including phenoxy) is 1. The van der Waals surface area contributed by atoms with Crippen molar-refractivity contribution in [3.05, 3.63) is 34.9 Å². The van der Waals surface area contributed by atoms with Crippen molar-refractivity contribution in [1.82, 2.24) is 0 Å². The molecule has 0 spiro atoms. The molecule has 0 atom stereocenters. The molecule has 0 aliphatic carbocycles. The summed E-state index contributed by atoms with van der Waals surface area (Å²) in [6.07, 6.45) is 0. The minimum atomic E-state index is 0.498. The van der Waals surface area contributed by atoms with Gasteiger partial charge in [0.25, 0.3) is 0 Å². The molecule has 1 rings (SSSR count). The van der Waals surface area contributed by atoms with Gasteiger partial charge in [0, 0.05) is 0 Å². The number of methoxy groups -OCH3 is 1. The van der Waals surface area contributed by atoms with Gasteiger partial charge in [0.2, 0.25) is 0 Å². The minimum absolute atomic E-state index is 0.498. The van der Waals surface area contributed by atoms with Crippen molar-refractivity contribution in [2.45, 2.75) is 33.0 Å². The van der Waals surface area contributed by atoms with Crippen molar-refractivity contribution < 1.29 is 4.74 Å². The Morgan fingerprint density at radius 3 is 2.44 bits per heavy atom. The Morgan fingerprint density at radius 1 is 1.31 bits per heavy atom. The first kappa shape index (κ1) is 13.3. The standard InChI is InChI=1S/C14H20OSe/c1-9(2)8-16-13-7-10(3)14(15-6)12(5)11(13)4/h7H,1,8H2,2-6H3. The molecule has 0 aliphatic rings. The second-order valence-electron chi connectivity index (χ2n) is 4.22. The predicted octanol–water partition coefficient (Wildman–Crippen LogP) is 2.94. The number of benzene rings is 1. The van der Waals surface area contributed by atoms with Crippen LogP contribution >= 0.6 is 0 Å². The Hall–Kier alpha value is -0.721. The Kier molecular flexibility index (Phi) is 4.64. The first-order valence-electron chi connectivity index (χ1n) is 5.39. The van der Waals surface area contributed by atoms with E-state index in [0.717, 1.165) is 11.1 Å². The summed E-state index contributed by atoms with van der Waals surface area (Å²) in [5.41, 5.74) is 5.17. The first-order chi connectivity index (χ1) is 7.47. The van der Waals surface area contributed by atoms with E-state index >= 15 is 0 Å². The van der Waals surface area contributed by atoms with Crippen molar-refractivity contribution in [2.75, 3.05) is 7.11 Å². The molecule has 0 fully saturated rings. The van der Waals surface area contributed by atoms with Crippen LogP contribution in [0.2, 0.25) is 5.32 Å². The molecule has 88 valence electrons. The predicted molar refractivity (Wildman–Crippen MR) is 72.2 cm³/mol. The van der Waals surface area contributed by atoms with E-state index in [0.29, 0.717) is 15.0 Å². The second-order valence-corrected chi connectivity index (χ2v) is 6.35. The third-order valence-corrected chi connectivity index (χ3v) is 5.54. The van der Waals surface area contributed by atoms with Crippen molar-refractivity contribution in [3.63, 3.8) is 0 Å². The zero-order chi connectivity index (χ0) is 12.3. The van der Waals surface area contributed by atoms with Gasteiger partial charge in [-0.3, -0.25) is 0 Å². The molecule has 0 aliphatic heterocycles. The number of hydrogen-bond donors (Lipinski definition) is 0. The molecule has 1 aromatic rings. The molecule has 0 saturated heterocycles. The zero-order valence-corrected chi connectivity index (χ0v) is 12.5. The van der Waals surface area contributed by atoms with Crippen LogP contribution in [-0.4, -0.2) is 22.1 Å². The summed E-state index contributed by atoms with van der Waals surface area (Å²) < 4.78 is 6.90. The summed E-state index contributed by atoms with van der Waals surface area (Å²) in [6, 6.07) is 2.27. The van der Waals surface area contributed by atoms with Gasteiger partial charge in [-0.1, -0.05) is 0 Å². The van der Waals surface area contributed by atoms with Gasteiger partial charge in [0.15, 0.2) is 0 Å². The van der Waals surface area contributed by atoms with Crippen LogP contribution in [0, 0.1) is 20.8 Å². The van der Waals surface area contributed by atoms with Gasteiger partial charge >= 0.3 is 105 Å². The maximum atomic E-state index is 5.43. The van der Waals surface area contributed by atoms with E-state index in [9.17, 15) is 0 Å². The summed E-state index contributed by atoms with van der Waals surface area (Å²) in [5.74, 6) is 1.03. The van der Waals surface area contributed by atoms with Gasteiger partial charge in [0.05, 0.1) is 0 Å². The fourth-order valence-corrected chi connectivity index (χ4v) is 3.85. The molecule has 0 N–H and O–H groups in total. The van der Waals surface area contributed by atoms with Crippen molar-refractivity contribution in [2.24, 2.45) is 0 Å². The summed E-state index contributed by atoms with van der Waals surface area (Å²) in [6.45, 7) is 12.5. The Balaban J connectivity index is 3.08. The van der Waals surface area contributed by atoms with Crippen LogP contribution in [0.3, 0.4) is 0 Å². The zero-order valence-electron chi connectivity index (χ0n) is 10.8. The van der Waals surface area contributed by atoms with Gasteiger partial charge in [-0.2, -0.15) is 0 Å². The van der Waals surface area contributed by atoms with Crippen molar-refractivity contribution in [1.29, 1.82) is 0 Å². The van der Waals surface area contributed by atoms with Crippen molar-refractivity contribution >= 4 is 19.4 Å². The SMILES string of the molecule is C=C(C)C[Se]c1cc(C)c(OC)c(C)c1C. The van der Waals surface area contributed by atoms with Crippen LogP contribution in [0.1, 0.15) is 23.6 Å². The van der Waals surface area contributed by atoms with Crippen LogP contribution in [0.15, 0.2) is 18.2 Å².